The van der Waals surface area contributed by atoms with Gasteiger partial charge in [0.2, 0.25) is 0 Å². The van der Waals surface area contributed by atoms with Crippen LogP contribution in [0.1, 0.15) is 43.1 Å². The van der Waals surface area contributed by atoms with Crippen molar-refractivity contribution in [3.8, 4) is 11.1 Å². The molecule has 1 aliphatic heterocycles. The highest BCUT2D eigenvalue weighted by molar-refractivity contribution is 6.24. The number of Topliss-reactive ketones (excluding diaryl/α,β-unsaturated/α-hetero) is 2. The number of benzene rings is 2. The number of esters is 1. The quantitative estimate of drug-likeness (QED) is 0.597. The molecule has 0 fully saturated rings. The molecule has 0 radical (unpaired) electrons. The standard InChI is InChI=1S/C18H10O4/c1-9-12-4-2-11(7-15(12)18(21)22-9)10-3-5-13-14(6-10)17(20)8-16(13)19/h2-7H,1,8H2. The van der Waals surface area contributed by atoms with Crippen LogP contribution in [0.25, 0.3) is 16.9 Å². The van der Waals surface area contributed by atoms with Crippen LogP contribution in [-0.2, 0) is 4.74 Å². The first-order chi connectivity index (χ1) is 10.5. The molecule has 2 aromatic carbocycles. The van der Waals surface area contributed by atoms with Gasteiger partial charge < -0.3 is 4.74 Å². The van der Waals surface area contributed by atoms with Crippen molar-refractivity contribution in [3.05, 3.63) is 65.2 Å². The van der Waals surface area contributed by atoms with Gasteiger partial charge in [0.25, 0.3) is 0 Å². The Balaban J connectivity index is 1.84. The number of carbonyl (C=O) groups is 3. The lowest BCUT2D eigenvalue weighted by Gasteiger charge is -2.05. The van der Waals surface area contributed by atoms with E-state index >= 15 is 0 Å². The van der Waals surface area contributed by atoms with E-state index in [1.165, 1.54) is 0 Å². The maximum atomic E-state index is 11.8. The molecule has 4 rings (SSSR count). The van der Waals surface area contributed by atoms with Gasteiger partial charge in [0.15, 0.2) is 11.6 Å². The molecular weight excluding hydrogens is 280 g/mol. The van der Waals surface area contributed by atoms with E-state index in [2.05, 4.69) is 6.58 Å². The SMILES string of the molecule is C=C1OC(=O)c2cc(-c3ccc4c(c3)C(=O)CC4=O)ccc21. The van der Waals surface area contributed by atoms with Gasteiger partial charge >= 0.3 is 5.97 Å². The van der Waals surface area contributed by atoms with Crippen LogP contribution in [0.2, 0.25) is 0 Å². The van der Waals surface area contributed by atoms with E-state index in [0.29, 0.717) is 28.0 Å². The zero-order valence-electron chi connectivity index (χ0n) is 11.5. The van der Waals surface area contributed by atoms with Gasteiger partial charge in [-0.2, -0.15) is 0 Å². The summed E-state index contributed by atoms with van der Waals surface area (Å²) in [6, 6.07) is 10.5. The lowest BCUT2D eigenvalue weighted by atomic mass is 9.97. The van der Waals surface area contributed by atoms with Crippen LogP contribution >= 0.6 is 0 Å². The molecule has 0 saturated carbocycles. The Labute approximate surface area is 126 Å². The van der Waals surface area contributed by atoms with Gasteiger partial charge in [-0.05, 0) is 29.3 Å². The van der Waals surface area contributed by atoms with E-state index < -0.39 is 5.97 Å². The molecule has 1 heterocycles. The summed E-state index contributed by atoms with van der Waals surface area (Å²) in [5, 5.41) is 0. The van der Waals surface area contributed by atoms with E-state index in [1.807, 2.05) is 6.07 Å². The maximum Gasteiger partial charge on any atom is 0.344 e. The Hall–Kier alpha value is -3.01. The van der Waals surface area contributed by atoms with E-state index in [-0.39, 0.29) is 18.0 Å². The number of carbonyl (C=O) groups excluding carboxylic acids is 3. The molecule has 0 atom stereocenters. The van der Waals surface area contributed by atoms with E-state index in [4.69, 9.17) is 4.74 Å². The highest BCUT2D eigenvalue weighted by Gasteiger charge is 2.28. The van der Waals surface area contributed by atoms with Crippen LogP contribution in [0.4, 0.5) is 0 Å². The molecule has 2 aromatic rings. The second-order valence-corrected chi connectivity index (χ2v) is 5.36. The largest absolute Gasteiger partial charge is 0.423 e. The molecule has 2 aliphatic rings. The minimum Gasteiger partial charge on any atom is -0.423 e. The van der Waals surface area contributed by atoms with Crippen LogP contribution in [0, 0.1) is 0 Å². The van der Waals surface area contributed by atoms with Crippen LogP contribution in [0.15, 0.2) is 43.0 Å². The molecule has 0 aromatic heterocycles. The average molecular weight is 290 g/mol. The molecule has 1 aliphatic carbocycles. The Kier molecular flexibility index (Phi) is 2.45. The predicted octanol–water partition coefficient (Wildman–Crippen LogP) is 3.26. The Morgan fingerprint density at radius 2 is 1.36 bits per heavy atom. The fourth-order valence-corrected chi connectivity index (χ4v) is 2.89. The number of hydrogen-bond acceptors (Lipinski definition) is 4. The molecule has 0 unspecified atom stereocenters. The van der Waals surface area contributed by atoms with E-state index in [0.717, 1.165) is 11.1 Å². The maximum absolute atomic E-state index is 11.8. The second-order valence-electron chi connectivity index (χ2n) is 5.36. The Morgan fingerprint density at radius 1 is 0.773 bits per heavy atom. The van der Waals surface area contributed by atoms with E-state index in [1.54, 1.807) is 30.3 Å². The molecule has 0 saturated heterocycles. The van der Waals surface area contributed by atoms with Crippen molar-refractivity contribution in [2.45, 2.75) is 6.42 Å². The summed E-state index contributed by atoms with van der Waals surface area (Å²) < 4.78 is 5.00. The molecule has 0 amide bonds. The van der Waals surface area contributed by atoms with Gasteiger partial charge in [-0.15, -0.1) is 0 Å². The Bertz CT molecular complexity index is 830. The number of fused-ring (bicyclic) bond motifs is 2. The van der Waals surface area contributed by atoms with Crippen molar-refractivity contribution >= 4 is 23.3 Å². The van der Waals surface area contributed by atoms with Gasteiger partial charge in [-0.25, -0.2) is 4.79 Å². The van der Waals surface area contributed by atoms with Gasteiger partial charge in [-0.3, -0.25) is 9.59 Å². The van der Waals surface area contributed by atoms with Gasteiger partial charge in [-0.1, -0.05) is 24.8 Å². The molecule has 106 valence electrons. The fraction of sp³-hybridized carbons (Fsp3) is 0.0556. The minimum atomic E-state index is -0.422. The van der Waals surface area contributed by atoms with Gasteiger partial charge in [0.1, 0.15) is 5.76 Å². The lowest BCUT2D eigenvalue weighted by molar-refractivity contribution is 0.0715. The number of cyclic esters (lactones) is 1. The summed E-state index contributed by atoms with van der Waals surface area (Å²) in [6.07, 6.45) is -0.0604. The average Bonchev–Trinajstić information content (AvgIpc) is 2.96. The summed E-state index contributed by atoms with van der Waals surface area (Å²) >= 11 is 0. The first-order valence-corrected chi connectivity index (χ1v) is 6.81. The first-order valence-electron chi connectivity index (χ1n) is 6.81. The zero-order chi connectivity index (χ0) is 15.4. The third-order valence-corrected chi connectivity index (χ3v) is 4.03. The number of rotatable bonds is 1. The molecule has 4 heteroatoms. The summed E-state index contributed by atoms with van der Waals surface area (Å²) in [5.41, 5.74) is 3.65. The third kappa shape index (κ3) is 1.67. The monoisotopic (exact) mass is 290 g/mol. The predicted molar refractivity (Wildman–Crippen MR) is 79.6 cm³/mol. The molecule has 0 bridgehead atoms. The molecular formula is C18H10O4. The van der Waals surface area contributed by atoms with Crippen molar-refractivity contribution in [1.29, 1.82) is 0 Å². The molecule has 4 nitrogen and oxygen atoms in total. The topological polar surface area (TPSA) is 60.4 Å². The number of ether oxygens (including phenoxy) is 1. The van der Waals surface area contributed by atoms with Crippen molar-refractivity contribution in [1.82, 2.24) is 0 Å². The molecule has 22 heavy (non-hydrogen) atoms. The van der Waals surface area contributed by atoms with Crippen LogP contribution in [0.3, 0.4) is 0 Å². The second kappa shape index (κ2) is 4.24. The smallest absolute Gasteiger partial charge is 0.344 e. The summed E-state index contributed by atoms with van der Waals surface area (Å²) in [7, 11) is 0. The normalized spacial score (nSPS) is 15.8. The van der Waals surface area contributed by atoms with Gasteiger partial charge in [0.05, 0.1) is 12.0 Å². The minimum absolute atomic E-state index is 0.0604. The van der Waals surface area contributed by atoms with Gasteiger partial charge in [0, 0.05) is 16.7 Å². The summed E-state index contributed by atoms with van der Waals surface area (Å²) in [5.74, 6) is -0.369. The highest BCUT2D eigenvalue weighted by atomic mass is 16.5. The van der Waals surface area contributed by atoms with Crippen molar-refractivity contribution in [3.63, 3.8) is 0 Å². The summed E-state index contributed by atoms with van der Waals surface area (Å²) in [4.78, 5) is 35.3. The first kappa shape index (κ1) is 12.7. The Morgan fingerprint density at radius 3 is 2.09 bits per heavy atom. The molecule has 0 spiro atoms. The van der Waals surface area contributed by atoms with Crippen LogP contribution < -0.4 is 0 Å². The zero-order valence-corrected chi connectivity index (χ0v) is 11.5. The number of hydrogen-bond donors (Lipinski definition) is 0. The van der Waals surface area contributed by atoms with E-state index in [9.17, 15) is 14.4 Å². The lowest BCUT2D eigenvalue weighted by Crippen LogP contribution is -1.95. The van der Waals surface area contributed by atoms with Crippen LogP contribution in [0.5, 0.6) is 0 Å². The van der Waals surface area contributed by atoms with Crippen molar-refractivity contribution in [2.75, 3.05) is 0 Å². The fourth-order valence-electron chi connectivity index (χ4n) is 2.89. The third-order valence-electron chi connectivity index (χ3n) is 4.03. The van der Waals surface area contributed by atoms with Crippen molar-refractivity contribution < 1.29 is 19.1 Å². The van der Waals surface area contributed by atoms with Crippen molar-refractivity contribution in [2.24, 2.45) is 0 Å². The summed E-state index contributed by atoms with van der Waals surface area (Å²) in [6.45, 7) is 3.69. The molecule has 0 N–H and O–H groups in total. The highest BCUT2D eigenvalue weighted by Crippen LogP contribution is 2.33. The van der Waals surface area contributed by atoms with Crippen LogP contribution in [-0.4, -0.2) is 17.5 Å². The number of ketones is 2.